The first-order valence-corrected chi connectivity index (χ1v) is 9.77. The van der Waals surface area contributed by atoms with Gasteiger partial charge in [0.1, 0.15) is 0 Å². The standard InChI is InChI=1S/C18H22ClNO4S/c19-15-4-1-5-17(11-15)25(23,24)16-8-6-14(7-9-16)3-2-10-18(20,12-21)13-22/h1,4-9,11,21-22H,2-3,10,12-13,20H2. The van der Waals surface area contributed by atoms with E-state index in [2.05, 4.69) is 0 Å². The molecule has 2 rings (SSSR count). The molecule has 5 nitrogen and oxygen atoms in total. The number of halogens is 1. The normalized spacial score (nSPS) is 12.3. The second kappa shape index (κ2) is 8.29. The van der Waals surface area contributed by atoms with E-state index < -0.39 is 15.4 Å². The minimum atomic E-state index is -3.60. The van der Waals surface area contributed by atoms with Gasteiger partial charge in [-0.1, -0.05) is 29.8 Å². The number of aliphatic hydroxyl groups is 2. The lowest BCUT2D eigenvalue weighted by atomic mass is 9.94. The van der Waals surface area contributed by atoms with Crippen LogP contribution in [-0.4, -0.2) is 37.4 Å². The van der Waals surface area contributed by atoms with Crippen molar-refractivity contribution in [1.82, 2.24) is 0 Å². The molecule has 4 N–H and O–H groups in total. The van der Waals surface area contributed by atoms with Crippen LogP contribution >= 0.6 is 11.6 Å². The fourth-order valence-electron chi connectivity index (χ4n) is 2.46. The maximum absolute atomic E-state index is 12.6. The molecule has 0 heterocycles. The first-order chi connectivity index (χ1) is 11.8. The fraction of sp³-hybridized carbons (Fsp3) is 0.333. The Kier molecular flexibility index (Phi) is 6.59. The Balaban J connectivity index is 2.07. The molecule has 0 aliphatic heterocycles. The Bertz CT molecular complexity index is 802. The van der Waals surface area contributed by atoms with Gasteiger partial charge in [-0.05, 0) is 55.2 Å². The molecule has 0 fully saturated rings. The molecule has 7 heteroatoms. The number of aryl methyl sites for hydroxylation is 1. The third kappa shape index (κ3) is 5.03. The molecule has 0 aromatic heterocycles. The summed E-state index contributed by atoms with van der Waals surface area (Å²) >= 11 is 5.87. The summed E-state index contributed by atoms with van der Waals surface area (Å²) in [6.45, 7) is -0.555. The highest BCUT2D eigenvalue weighted by molar-refractivity contribution is 7.91. The van der Waals surface area contributed by atoms with Gasteiger partial charge in [0.2, 0.25) is 9.84 Å². The van der Waals surface area contributed by atoms with Gasteiger partial charge in [-0.3, -0.25) is 0 Å². The van der Waals surface area contributed by atoms with Crippen molar-refractivity contribution >= 4 is 21.4 Å². The predicted octanol–water partition coefficient (Wildman–Crippen LogP) is 2.18. The van der Waals surface area contributed by atoms with Gasteiger partial charge < -0.3 is 15.9 Å². The Hall–Kier alpha value is -1.44. The Labute approximate surface area is 153 Å². The minimum absolute atomic E-state index is 0.159. The van der Waals surface area contributed by atoms with E-state index in [-0.39, 0.29) is 23.0 Å². The second-order valence-corrected chi connectivity index (χ2v) is 8.52. The molecule has 136 valence electrons. The van der Waals surface area contributed by atoms with Crippen molar-refractivity contribution in [2.75, 3.05) is 13.2 Å². The molecule has 0 radical (unpaired) electrons. The molecule has 0 aliphatic carbocycles. The van der Waals surface area contributed by atoms with Crippen molar-refractivity contribution in [2.45, 2.75) is 34.6 Å². The molecule has 0 unspecified atom stereocenters. The lowest BCUT2D eigenvalue weighted by Crippen LogP contribution is -2.47. The van der Waals surface area contributed by atoms with Crippen LogP contribution in [0, 0.1) is 0 Å². The van der Waals surface area contributed by atoms with E-state index in [1.54, 1.807) is 36.4 Å². The summed E-state index contributed by atoms with van der Waals surface area (Å²) in [7, 11) is -3.60. The van der Waals surface area contributed by atoms with Crippen molar-refractivity contribution in [3.8, 4) is 0 Å². The summed E-state index contributed by atoms with van der Waals surface area (Å²) in [5.41, 5.74) is 5.81. The number of nitrogens with two attached hydrogens (primary N) is 1. The van der Waals surface area contributed by atoms with Crippen LogP contribution in [0.4, 0.5) is 0 Å². The first kappa shape index (κ1) is 19.9. The molecule has 0 bridgehead atoms. The molecule has 0 amide bonds. The van der Waals surface area contributed by atoms with Crippen LogP contribution in [0.1, 0.15) is 18.4 Å². The molecular weight excluding hydrogens is 362 g/mol. The van der Waals surface area contributed by atoms with E-state index in [1.807, 2.05) is 0 Å². The molecule has 2 aromatic rings. The van der Waals surface area contributed by atoms with Crippen molar-refractivity contribution in [3.05, 3.63) is 59.1 Å². The number of sulfone groups is 1. The van der Waals surface area contributed by atoms with Gasteiger partial charge in [-0.15, -0.1) is 0 Å². The lowest BCUT2D eigenvalue weighted by molar-refractivity contribution is 0.113. The molecule has 0 atom stereocenters. The molecule has 0 saturated carbocycles. The van der Waals surface area contributed by atoms with Gasteiger partial charge >= 0.3 is 0 Å². The van der Waals surface area contributed by atoms with Gasteiger partial charge in [-0.2, -0.15) is 0 Å². The van der Waals surface area contributed by atoms with E-state index >= 15 is 0 Å². The van der Waals surface area contributed by atoms with Crippen molar-refractivity contribution in [1.29, 1.82) is 0 Å². The Morgan fingerprint density at radius 3 is 2.20 bits per heavy atom. The molecule has 2 aromatic carbocycles. The van der Waals surface area contributed by atoms with Gasteiger partial charge in [0.15, 0.2) is 0 Å². The average Bonchev–Trinajstić information content (AvgIpc) is 2.62. The van der Waals surface area contributed by atoms with Crippen LogP contribution in [0.3, 0.4) is 0 Å². The van der Waals surface area contributed by atoms with Crippen molar-refractivity contribution < 1.29 is 18.6 Å². The molecule has 0 saturated heterocycles. The van der Waals surface area contributed by atoms with Crippen molar-refractivity contribution in [2.24, 2.45) is 5.73 Å². The summed E-state index contributed by atoms with van der Waals surface area (Å²) in [6, 6.07) is 12.8. The molecule has 25 heavy (non-hydrogen) atoms. The zero-order valence-electron chi connectivity index (χ0n) is 13.7. The predicted molar refractivity (Wildman–Crippen MR) is 97.4 cm³/mol. The van der Waals surface area contributed by atoms with Crippen LogP contribution in [0.5, 0.6) is 0 Å². The first-order valence-electron chi connectivity index (χ1n) is 7.91. The molecular formula is C18H22ClNO4S. The number of aliphatic hydroxyl groups excluding tert-OH is 2. The highest BCUT2D eigenvalue weighted by Crippen LogP contribution is 2.24. The maximum Gasteiger partial charge on any atom is 0.206 e. The summed E-state index contributed by atoms with van der Waals surface area (Å²) < 4.78 is 25.2. The van der Waals surface area contributed by atoms with Crippen molar-refractivity contribution in [3.63, 3.8) is 0 Å². The summed E-state index contributed by atoms with van der Waals surface area (Å²) in [5.74, 6) is 0. The number of hydrogen-bond donors (Lipinski definition) is 3. The smallest absolute Gasteiger partial charge is 0.206 e. The largest absolute Gasteiger partial charge is 0.394 e. The highest BCUT2D eigenvalue weighted by atomic mass is 35.5. The quantitative estimate of drug-likeness (QED) is 0.648. The minimum Gasteiger partial charge on any atom is -0.394 e. The van der Waals surface area contributed by atoms with Crippen LogP contribution in [0.2, 0.25) is 5.02 Å². The molecule has 0 spiro atoms. The van der Waals surface area contributed by atoms with E-state index in [1.165, 1.54) is 12.1 Å². The summed E-state index contributed by atoms with van der Waals surface area (Å²) in [5, 5.41) is 18.7. The van der Waals surface area contributed by atoms with Crippen LogP contribution in [-0.2, 0) is 16.3 Å². The van der Waals surface area contributed by atoms with Crippen LogP contribution < -0.4 is 5.73 Å². The molecule has 0 aliphatic rings. The Morgan fingerprint density at radius 1 is 1.00 bits per heavy atom. The SMILES string of the molecule is NC(CO)(CO)CCCc1ccc(S(=O)(=O)c2cccc(Cl)c2)cc1. The van der Waals surface area contributed by atoms with E-state index in [4.69, 9.17) is 17.3 Å². The zero-order valence-corrected chi connectivity index (χ0v) is 15.3. The number of hydrogen-bond acceptors (Lipinski definition) is 5. The third-order valence-corrected chi connectivity index (χ3v) is 6.11. The summed E-state index contributed by atoms with van der Waals surface area (Å²) in [6.07, 6.45) is 1.83. The number of rotatable bonds is 8. The highest BCUT2D eigenvalue weighted by Gasteiger charge is 2.22. The van der Waals surface area contributed by atoms with Crippen LogP contribution in [0.15, 0.2) is 58.3 Å². The van der Waals surface area contributed by atoms with Gasteiger partial charge in [0, 0.05) is 5.02 Å². The fourth-order valence-corrected chi connectivity index (χ4v) is 4.02. The van der Waals surface area contributed by atoms with E-state index in [0.717, 1.165) is 5.56 Å². The number of benzene rings is 2. The van der Waals surface area contributed by atoms with Gasteiger partial charge in [0.05, 0.1) is 28.5 Å². The van der Waals surface area contributed by atoms with E-state index in [0.29, 0.717) is 24.3 Å². The Morgan fingerprint density at radius 2 is 1.64 bits per heavy atom. The zero-order chi connectivity index (χ0) is 18.5. The maximum atomic E-state index is 12.6. The van der Waals surface area contributed by atoms with E-state index in [9.17, 15) is 18.6 Å². The topological polar surface area (TPSA) is 101 Å². The monoisotopic (exact) mass is 383 g/mol. The second-order valence-electron chi connectivity index (χ2n) is 6.14. The van der Waals surface area contributed by atoms with Gasteiger partial charge in [0.25, 0.3) is 0 Å². The summed E-state index contributed by atoms with van der Waals surface area (Å²) in [4.78, 5) is 0.365. The lowest BCUT2D eigenvalue weighted by Gasteiger charge is -2.24. The van der Waals surface area contributed by atoms with Gasteiger partial charge in [-0.25, -0.2) is 8.42 Å². The third-order valence-electron chi connectivity index (χ3n) is 4.11. The van der Waals surface area contributed by atoms with Crippen LogP contribution in [0.25, 0.3) is 0 Å². The average molecular weight is 384 g/mol.